The van der Waals surface area contributed by atoms with E-state index in [-0.39, 0.29) is 25.6 Å². The Morgan fingerprint density at radius 3 is 2.74 bits per heavy atom. The Bertz CT molecular complexity index is 1070. The minimum atomic E-state index is -4.01. The Morgan fingerprint density at radius 1 is 1.44 bits per heavy atom. The minimum Gasteiger partial charge on any atom is -0.468 e. The number of hydrogen-bond donors (Lipinski definition) is 2. The molecule has 0 aromatic carbocycles. The zero-order valence-electron chi connectivity index (χ0n) is 19.8. The van der Waals surface area contributed by atoms with Gasteiger partial charge in [-0.3, -0.25) is 28.2 Å². The molecule has 34 heavy (non-hydrogen) atoms. The molecule has 2 N–H and O–H groups in total. The number of H-pyrrole nitrogens is 1. The smallest absolute Gasteiger partial charge is 0.406 e. The van der Waals surface area contributed by atoms with Gasteiger partial charge in [-0.2, -0.15) is 0 Å². The zero-order valence-corrected chi connectivity index (χ0v) is 20.7. The van der Waals surface area contributed by atoms with E-state index in [2.05, 4.69) is 20.1 Å². The average Bonchev–Trinajstić information content (AvgIpc) is 3.19. The van der Waals surface area contributed by atoms with Gasteiger partial charge in [-0.05, 0) is 24.8 Å². The van der Waals surface area contributed by atoms with Gasteiger partial charge in [0.15, 0.2) is 0 Å². The molecule has 1 aliphatic heterocycles. The molecule has 0 bridgehead atoms. The second kappa shape index (κ2) is 12.3. The third-order valence-electron chi connectivity index (χ3n) is 5.15. The number of esters is 1. The van der Waals surface area contributed by atoms with Crippen LogP contribution >= 0.6 is 7.75 Å². The van der Waals surface area contributed by atoms with Gasteiger partial charge in [-0.1, -0.05) is 25.9 Å². The second-order valence-corrected chi connectivity index (χ2v) is 9.89. The van der Waals surface area contributed by atoms with Crippen LogP contribution in [0.25, 0.3) is 10.4 Å². The lowest BCUT2D eigenvalue weighted by atomic mass is 10.1. The van der Waals surface area contributed by atoms with Crippen LogP contribution in [0.5, 0.6) is 0 Å². The number of hydrogen-bond acceptors (Lipinski definition) is 9. The highest BCUT2D eigenvalue weighted by Crippen LogP contribution is 2.46. The normalized spacial score (nSPS) is 22.7. The van der Waals surface area contributed by atoms with Crippen molar-refractivity contribution in [1.29, 1.82) is 0 Å². The summed E-state index contributed by atoms with van der Waals surface area (Å²) in [5.41, 5.74) is 8.05. The summed E-state index contributed by atoms with van der Waals surface area (Å²) in [4.78, 5) is 41.0. The Balaban J connectivity index is 2.23. The molecule has 2 rings (SSSR count). The van der Waals surface area contributed by atoms with Gasteiger partial charge < -0.3 is 9.47 Å². The number of rotatable bonds is 12. The molecule has 2 heterocycles. The van der Waals surface area contributed by atoms with Gasteiger partial charge >= 0.3 is 19.4 Å². The van der Waals surface area contributed by atoms with Crippen LogP contribution in [0.3, 0.4) is 0 Å². The molecule has 1 aromatic rings. The first-order valence-corrected chi connectivity index (χ1v) is 12.4. The average molecular weight is 502 g/mol. The molecule has 0 amide bonds. The van der Waals surface area contributed by atoms with Gasteiger partial charge in [-0.15, -0.1) is 0 Å². The second-order valence-electron chi connectivity index (χ2n) is 8.12. The Labute approximate surface area is 196 Å². The van der Waals surface area contributed by atoms with Gasteiger partial charge in [0.25, 0.3) is 5.56 Å². The number of methoxy groups -OCH3 is 1. The topological polar surface area (TPSA) is 187 Å². The predicted molar refractivity (Wildman–Crippen MR) is 121 cm³/mol. The van der Waals surface area contributed by atoms with Crippen molar-refractivity contribution in [2.75, 3.05) is 20.3 Å². The van der Waals surface area contributed by atoms with Crippen molar-refractivity contribution in [3.8, 4) is 0 Å². The lowest BCUT2D eigenvalue weighted by Gasteiger charge is -2.27. The van der Waals surface area contributed by atoms with Gasteiger partial charge in [0.05, 0.1) is 32.5 Å². The number of aromatic amines is 1. The SMILES string of the molecule is CCCOP(=O)(NC(C(=O)OC)C(C)C)OC[C@H]1O[C@@H](n2cc(C)c(=O)[nH]c2=O)C[C@@H]1N=[N+]=[N-]. The van der Waals surface area contributed by atoms with Crippen LogP contribution in [-0.2, 0) is 27.9 Å². The Hall–Kier alpha value is -2.47. The van der Waals surface area contributed by atoms with Crippen LogP contribution in [0.4, 0.5) is 0 Å². The van der Waals surface area contributed by atoms with E-state index in [1.165, 1.54) is 24.8 Å². The van der Waals surface area contributed by atoms with Crippen molar-refractivity contribution in [2.24, 2.45) is 11.0 Å². The Morgan fingerprint density at radius 2 is 2.15 bits per heavy atom. The summed E-state index contributed by atoms with van der Waals surface area (Å²) in [6.45, 7) is 6.61. The van der Waals surface area contributed by atoms with Crippen LogP contribution < -0.4 is 16.3 Å². The highest BCUT2D eigenvalue weighted by molar-refractivity contribution is 7.51. The maximum atomic E-state index is 13.4. The van der Waals surface area contributed by atoms with E-state index < -0.39 is 49.4 Å². The third kappa shape index (κ3) is 7.02. The maximum absolute atomic E-state index is 13.4. The van der Waals surface area contributed by atoms with E-state index in [1.54, 1.807) is 13.8 Å². The molecule has 1 fully saturated rings. The number of nitrogens with one attached hydrogen (secondary N) is 2. The quantitative estimate of drug-likeness (QED) is 0.142. The lowest BCUT2D eigenvalue weighted by molar-refractivity contribution is -0.143. The summed E-state index contributed by atoms with van der Waals surface area (Å²) in [6, 6.07) is -1.71. The fourth-order valence-electron chi connectivity index (χ4n) is 3.29. The number of azide groups is 1. The van der Waals surface area contributed by atoms with Gasteiger partial charge in [0, 0.05) is 23.1 Å². The predicted octanol–water partition coefficient (Wildman–Crippen LogP) is 2.15. The van der Waals surface area contributed by atoms with Crippen molar-refractivity contribution in [1.82, 2.24) is 14.6 Å². The van der Waals surface area contributed by atoms with Crippen LogP contribution in [0.1, 0.15) is 45.4 Å². The summed E-state index contributed by atoms with van der Waals surface area (Å²) < 4.78 is 36.2. The summed E-state index contributed by atoms with van der Waals surface area (Å²) in [5.74, 6) is -0.913. The van der Waals surface area contributed by atoms with Crippen molar-refractivity contribution < 1.29 is 27.9 Å². The molecule has 1 saturated heterocycles. The summed E-state index contributed by atoms with van der Waals surface area (Å²) in [7, 11) is -2.79. The molecule has 2 unspecified atom stereocenters. The lowest BCUT2D eigenvalue weighted by Crippen LogP contribution is -2.41. The van der Waals surface area contributed by atoms with E-state index >= 15 is 0 Å². The maximum Gasteiger partial charge on any atom is 0.406 e. The van der Waals surface area contributed by atoms with Crippen molar-refractivity contribution in [3.05, 3.63) is 43.0 Å². The molecule has 1 aliphatic rings. The molecule has 5 atom stereocenters. The van der Waals surface area contributed by atoms with Crippen molar-refractivity contribution in [3.63, 3.8) is 0 Å². The highest BCUT2D eigenvalue weighted by Gasteiger charge is 2.40. The third-order valence-corrected chi connectivity index (χ3v) is 6.76. The molecule has 1 aromatic heterocycles. The number of nitrogens with zero attached hydrogens (tertiary/aromatic N) is 4. The molecule has 0 saturated carbocycles. The van der Waals surface area contributed by atoms with Gasteiger partial charge in [-0.25, -0.2) is 14.4 Å². The van der Waals surface area contributed by atoms with E-state index in [0.29, 0.717) is 12.0 Å². The molecule has 190 valence electrons. The summed E-state index contributed by atoms with van der Waals surface area (Å²) in [5, 5.41) is 6.34. The number of aryl methyl sites for hydroxylation is 1. The zero-order chi connectivity index (χ0) is 25.5. The summed E-state index contributed by atoms with van der Waals surface area (Å²) >= 11 is 0. The number of carbonyl (C=O) groups is 1. The van der Waals surface area contributed by atoms with Crippen LogP contribution in [0.15, 0.2) is 20.9 Å². The molecular weight excluding hydrogens is 471 g/mol. The number of aromatic nitrogens is 2. The van der Waals surface area contributed by atoms with Gasteiger partial charge in [0.1, 0.15) is 12.3 Å². The fraction of sp³-hybridized carbons (Fsp3) is 0.737. The van der Waals surface area contributed by atoms with E-state index in [9.17, 15) is 18.9 Å². The standard InChI is InChI=1S/C19H31N6O8P/c1-6-7-31-34(29,23-16(11(2)3)18(27)30-5)32-10-14-13(22-24-20)8-15(33-14)25-9-12(4)17(26)21-19(25)28/h9,11,13-16H,6-8,10H2,1-5H3,(H,23,29)(H,21,26,28)/t13-,14+,15+,16?,34?/m0/s1. The van der Waals surface area contributed by atoms with E-state index in [1.807, 2.05) is 6.92 Å². The molecule has 0 spiro atoms. The largest absolute Gasteiger partial charge is 0.468 e. The fourth-order valence-corrected chi connectivity index (χ4v) is 5.02. The first-order valence-electron chi connectivity index (χ1n) is 10.8. The molecule has 15 heteroatoms. The molecule has 0 radical (unpaired) electrons. The number of ether oxygens (including phenoxy) is 2. The minimum absolute atomic E-state index is 0.0935. The first kappa shape index (κ1) is 27.8. The Kier molecular flexibility index (Phi) is 10.0. The van der Waals surface area contributed by atoms with Crippen LogP contribution in [0.2, 0.25) is 0 Å². The van der Waals surface area contributed by atoms with Crippen molar-refractivity contribution >= 4 is 13.7 Å². The molecule has 14 nitrogen and oxygen atoms in total. The van der Waals surface area contributed by atoms with Crippen molar-refractivity contribution in [2.45, 2.75) is 65.0 Å². The monoisotopic (exact) mass is 502 g/mol. The van der Waals surface area contributed by atoms with Crippen LogP contribution in [0, 0.1) is 12.8 Å². The first-order chi connectivity index (χ1) is 16.0. The molecule has 0 aliphatic carbocycles. The molecular formula is C19H31N6O8P. The van der Waals surface area contributed by atoms with E-state index in [0.717, 1.165) is 0 Å². The number of carbonyl (C=O) groups excluding carboxylic acids is 1. The summed E-state index contributed by atoms with van der Waals surface area (Å²) in [6.07, 6.45) is 0.277. The van der Waals surface area contributed by atoms with Crippen LogP contribution in [-0.4, -0.2) is 54.0 Å². The highest BCUT2D eigenvalue weighted by atomic mass is 31.2. The van der Waals surface area contributed by atoms with Gasteiger partial charge in [0.2, 0.25) is 0 Å². The van der Waals surface area contributed by atoms with E-state index in [4.69, 9.17) is 24.1 Å².